The van der Waals surface area contributed by atoms with E-state index in [0.29, 0.717) is 29.1 Å². The van der Waals surface area contributed by atoms with Gasteiger partial charge in [0.15, 0.2) is 5.69 Å². The molecule has 166 valence electrons. The van der Waals surface area contributed by atoms with Gasteiger partial charge >= 0.3 is 6.18 Å². The maximum atomic E-state index is 13.4. The summed E-state index contributed by atoms with van der Waals surface area (Å²) in [6, 6.07) is -0.739. The molecule has 0 radical (unpaired) electrons. The van der Waals surface area contributed by atoms with E-state index in [1.165, 1.54) is 24.7 Å². The van der Waals surface area contributed by atoms with E-state index in [9.17, 15) is 22.8 Å². The molecule has 5 rings (SSSR count). The molecular weight excluding hydrogens is 419 g/mol. The van der Waals surface area contributed by atoms with E-state index in [1.54, 1.807) is 13.8 Å². The van der Waals surface area contributed by atoms with Crippen molar-refractivity contribution in [2.75, 3.05) is 0 Å². The fourth-order valence-corrected chi connectivity index (χ4v) is 7.26. The van der Waals surface area contributed by atoms with Gasteiger partial charge in [0.25, 0.3) is 5.91 Å². The Labute approximate surface area is 176 Å². The lowest BCUT2D eigenvalue weighted by molar-refractivity contribution is -0.147. The molecule has 30 heavy (non-hydrogen) atoms. The molecular formula is C20H26F3N3O3S. The van der Waals surface area contributed by atoms with Gasteiger partial charge in [-0.25, -0.2) is 10.5 Å². The molecule has 1 aromatic rings. The predicted octanol–water partition coefficient (Wildman–Crippen LogP) is 4.31. The zero-order valence-electron chi connectivity index (χ0n) is 16.9. The summed E-state index contributed by atoms with van der Waals surface area (Å²) in [6.07, 6.45) is 1.24. The third kappa shape index (κ3) is 3.72. The lowest BCUT2D eigenvalue weighted by atomic mass is 9.49. The molecule has 1 atom stereocenters. The maximum absolute atomic E-state index is 13.4. The van der Waals surface area contributed by atoms with Gasteiger partial charge in [0, 0.05) is 5.41 Å². The summed E-state index contributed by atoms with van der Waals surface area (Å²) in [5.41, 5.74) is -0.528. The van der Waals surface area contributed by atoms with E-state index in [-0.39, 0.29) is 16.8 Å². The fraction of sp³-hybridized carbons (Fsp3) is 0.750. The van der Waals surface area contributed by atoms with Gasteiger partial charge in [-0.05, 0) is 62.2 Å². The second-order valence-corrected chi connectivity index (χ2v) is 10.6. The molecule has 4 bridgehead atoms. The number of nitrogens with one attached hydrogen (secondary N) is 2. The van der Waals surface area contributed by atoms with Crippen LogP contribution in [0.4, 0.5) is 13.2 Å². The predicted molar refractivity (Wildman–Crippen MR) is 103 cm³/mol. The Balaban J connectivity index is 1.61. The van der Waals surface area contributed by atoms with Crippen LogP contribution in [0.2, 0.25) is 0 Å². The number of rotatable bonds is 5. The topological polar surface area (TPSA) is 91.3 Å². The van der Waals surface area contributed by atoms with Crippen molar-refractivity contribution in [1.29, 1.82) is 0 Å². The Morgan fingerprint density at radius 3 is 2.10 bits per heavy atom. The second kappa shape index (κ2) is 7.47. The first-order chi connectivity index (χ1) is 14.0. The molecule has 0 saturated heterocycles. The van der Waals surface area contributed by atoms with Crippen molar-refractivity contribution in [3.63, 3.8) is 0 Å². The van der Waals surface area contributed by atoms with Gasteiger partial charge in [-0.3, -0.25) is 14.8 Å². The summed E-state index contributed by atoms with van der Waals surface area (Å²) in [5.74, 6) is 0.112. The molecule has 4 aliphatic carbocycles. The molecule has 2 amide bonds. The molecule has 4 saturated carbocycles. The van der Waals surface area contributed by atoms with E-state index in [2.05, 4.69) is 10.3 Å². The minimum Gasteiger partial charge on any atom is -0.346 e. The van der Waals surface area contributed by atoms with Gasteiger partial charge in [-0.1, -0.05) is 13.8 Å². The van der Waals surface area contributed by atoms with Crippen LogP contribution in [0.1, 0.15) is 78.8 Å². The first kappa shape index (κ1) is 21.5. The van der Waals surface area contributed by atoms with Crippen molar-refractivity contribution in [3.8, 4) is 0 Å². The zero-order chi connectivity index (χ0) is 21.8. The summed E-state index contributed by atoms with van der Waals surface area (Å²) in [7, 11) is 0. The van der Waals surface area contributed by atoms with Crippen LogP contribution < -0.4 is 10.8 Å². The number of hydroxylamine groups is 1. The molecule has 0 aliphatic heterocycles. The number of carbonyl (C=O) groups is 2. The minimum atomic E-state index is -4.85. The van der Waals surface area contributed by atoms with Crippen LogP contribution in [0.3, 0.4) is 0 Å². The average molecular weight is 446 g/mol. The molecule has 1 unspecified atom stereocenters. The van der Waals surface area contributed by atoms with Gasteiger partial charge < -0.3 is 5.32 Å². The van der Waals surface area contributed by atoms with Crippen LogP contribution in [0.5, 0.6) is 0 Å². The largest absolute Gasteiger partial charge is 0.435 e. The lowest BCUT2D eigenvalue weighted by Crippen LogP contribution is -2.54. The van der Waals surface area contributed by atoms with Gasteiger partial charge in [-0.15, -0.1) is 11.3 Å². The summed E-state index contributed by atoms with van der Waals surface area (Å²) in [6.45, 7) is 3.59. The number of thiazole rings is 1. The monoisotopic (exact) mass is 445 g/mol. The number of carbonyl (C=O) groups excluding carboxylic acids is 2. The first-order valence-corrected chi connectivity index (χ1v) is 11.2. The highest BCUT2D eigenvalue weighted by Gasteiger charge is 2.55. The quantitative estimate of drug-likeness (QED) is 0.465. The van der Waals surface area contributed by atoms with Crippen molar-refractivity contribution in [2.45, 2.75) is 64.6 Å². The van der Waals surface area contributed by atoms with Gasteiger partial charge in [-0.2, -0.15) is 13.2 Å². The molecule has 0 spiro atoms. The highest BCUT2D eigenvalue weighted by molar-refractivity contribution is 7.13. The number of nitrogens with zero attached hydrogens (tertiary/aromatic N) is 1. The normalized spacial score (nSPS) is 31.1. The third-order valence-electron chi connectivity index (χ3n) is 6.96. The molecule has 4 fully saturated rings. The smallest absolute Gasteiger partial charge is 0.346 e. The van der Waals surface area contributed by atoms with E-state index < -0.39 is 34.1 Å². The van der Waals surface area contributed by atoms with Crippen LogP contribution in [-0.2, 0) is 11.0 Å². The van der Waals surface area contributed by atoms with Gasteiger partial charge in [0.05, 0.1) is 6.04 Å². The maximum Gasteiger partial charge on any atom is 0.435 e. The Morgan fingerprint density at radius 1 is 1.13 bits per heavy atom. The molecule has 3 N–H and O–H groups in total. The van der Waals surface area contributed by atoms with Crippen molar-refractivity contribution in [2.24, 2.45) is 29.1 Å². The molecule has 4 aliphatic rings. The van der Waals surface area contributed by atoms with Crippen LogP contribution in [0.15, 0.2) is 0 Å². The molecule has 1 heterocycles. The van der Waals surface area contributed by atoms with E-state index in [1.807, 2.05) is 0 Å². The number of aromatic nitrogens is 1. The van der Waals surface area contributed by atoms with E-state index in [4.69, 9.17) is 5.21 Å². The Kier molecular flexibility index (Phi) is 5.37. The van der Waals surface area contributed by atoms with Gasteiger partial charge in [0.2, 0.25) is 5.91 Å². The summed E-state index contributed by atoms with van der Waals surface area (Å²) >= 11 is 0.557. The molecule has 0 aromatic carbocycles. The molecule has 6 nitrogen and oxygen atoms in total. The van der Waals surface area contributed by atoms with Gasteiger partial charge in [0.1, 0.15) is 9.88 Å². The number of hydrogen-bond donors (Lipinski definition) is 3. The van der Waals surface area contributed by atoms with Crippen LogP contribution in [0.25, 0.3) is 0 Å². The first-order valence-electron chi connectivity index (χ1n) is 10.4. The number of amides is 2. The number of hydrogen-bond acceptors (Lipinski definition) is 5. The third-order valence-corrected chi connectivity index (χ3v) is 8.10. The number of alkyl halides is 3. The second-order valence-electron chi connectivity index (χ2n) is 9.56. The standard InChI is InChI=1S/C20H26F3N3O3S/c1-9(2)13(17-25-15(20(21,22)23)14(30-17)16(27)26-29)24-18(28)19-6-10-3-11(7-19)5-12(4-10)8-19/h9-13,29H,3-8H2,1-2H3,(H,24,28)(H,26,27). The average Bonchev–Trinajstić information content (AvgIpc) is 3.09. The van der Waals surface area contributed by atoms with Crippen molar-refractivity contribution < 1.29 is 28.0 Å². The van der Waals surface area contributed by atoms with Crippen molar-refractivity contribution in [3.05, 3.63) is 15.6 Å². The molecule has 1 aromatic heterocycles. The summed E-state index contributed by atoms with van der Waals surface area (Å²) in [5, 5.41) is 11.8. The Morgan fingerprint density at radius 2 is 1.67 bits per heavy atom. The molecule has 10 heteroatoms. The Bertz CT molecular complexity index is 817. The van der Waals surface area contributed by atoms with Crippen molar-refractivity contribution >= 4 is 23.2 Å². The summed E-state index contributed by atoms with van der Waals surface area (Å²) < 4.78 is 40.2. The van der Waals surface area contributed by atoms with Crippen LogP contribution in [-0.4, -0.2) is 22.0 Å². The summed E-state index contributed by atoms with van der Waals surface area (Å²) in [4.78, 5) is 28.1. The zero-order valence-corrected chi connectivity index (χ0v) is 17.7. The van der Waals surface area contributed by atoms with Crippen LogP contribution in [0, 0.1) is 29.1 Å². The van der Waals surface area contributed by atoms with Crippen molar-refractivity contribution in [1.82, 2.24) is 15.8 Å². The Hall–Kier alpha value is -1.68. The highest BCUT2D eigenvalue weighted by atomic mass is 32.1. The SMILES string of the molecule is CC(C)C(NC(=O)C12CC3CC(CC(C3)C1)C2)c1nc(C(F)(F)F)c(C(=O)NO)s1. The van der Waals surface area contributed by atoms with E-state index in [0.717, 1.165) is 19.3 Å². The highest BCUT2D eigenvalue weighted by Crippen LogP contribution is 2.60. The number of halogens is 3. The lowest BCUT2D eigenvalue weighted by Gasteiger charge is -2.55. The van der Waals surface area contributed by atoms with Crippen LogP contribution >= 0.6 is 11.3 Å². The minimum absolute atomic E-state index is 0.0222. The fourth-order valence-electron chi connectivity index (χ4n) is 6.06. The van der Waals surface area contributed by atoms with E-state index >= 15 is 0 Å².